The highest BCUT2D eigenvalue weighted by molar-refractivity contribution is 7.17. The van der Waals surface area contributed by atoms with Crippen LogP contribution >= 0.6 is 11.3 Å². The Labute approximate surface area is 187 Å². The highest BCUT2D eigenvalue weighted by Gasteiger charge is 2.38. The molecule has 9 nitrogen and oxygen atoms in total. The van der Waals surface area contributed by atoms with Crippen LogP contribution in [0.5, 0.6) is 0 Å². The van der Waals surface area contributed by atoms with Crippen LogP contribution in [0, 0.1) is 0 Å². The number of carbonyl (C=O) groups excluding carboxylic acids is 2. The standard InChI is InChI=1S/C22H22N4O5S/c1-21(2,3)30-20(29)26-14-6-7-32-18(14)16(24-26)15-9-13-17-12(8-11(10-27)23-13)22(4,5)31-19(28)25(15)17/h6-9,27H,10H2,1-5H3. The molecule has 4 aromatic rings. The number of thiophene rings is 1. The van der Waals surface area contributed by atoms with E-state index in [4.69, 9.17) is 9.47 Å². The number of hydrogen-bond donors (Lipinski definition) is 1. The number of fused-ring (bicyclic) bond motifs is 1. The van der Waals surface area contributed by atoms with E-state index >= 15 is 0 Å². The molecule has 10 heteroatoms. The second-order valence-electron chi connectivity index (χ2n) is 9.17. The Morgan fingerprint density at radius 2 is 2.06 bits per heavy atom. The van der Waals surface area contributed by atoms with Crippen molar-refractivity contribution in [2.45, 2.75) is 52.4 Å². The molecule has 1 aliphatic rings. The smallest absolute Gasteiger partial charge is 0.435 e. The van der Waals surface area contributed by atoms with Gasteiger partial charge in [-0.25, -0.2) is 19.1 Å². The third kappa shape index (κ3) is 3.01. The molecule has 166 valence electrons. The summed E-state index contributed by atoms with van der Waals surface area (Å²) in [6.45, 7) is 8.71. The SMILES string of the molecule is CC(C)(C)OC(=O)n1nc(-c2cc3nc(CO)cc4c3n2C(=O)OC4(C)C)c2sccc21. The van der Waals surface area contributed by atoms with Gasteiger partial charge in [0.25, 0.3) is 0 Å². The third-order valence-electron chi connectivity index (χ3n) is 5.24. The molecule has 5 heterocycles. The van der Waals surface area contributed by atoms with Crippen LogP contribution in [-0.2, 0) is 21.7 Å². The number of pyridine rings is 1. The van der Waals surface area contributed by atoms with Gasteiger partial charge < -0.3 is 14.6 Å². The van der Waals surface area contributed by atoms with Crippen LogP contribution in [0.25, 0.3) is 32.6 Å². The first-order chi connectivity index (χ1) is 15.0. The van der Waals surface area contributed by atoms with Gasteiger partial charge in [0.15, 0.2) is 0 Å². The predicted octanol–water partition coefficient (Wildman–Crippen LogP) is 4.62. The van der Waals surface area contributed by atoms with E-state index in [0.717, 1.165) is 10.3 Å². The number of aliphatic hydroxyl groups is 1. The molecule has 32 heavy (non-hydrogen) atoms. The summed E-state index contributed by atoms with van der Waals surface area (Å²) in [4.78, 5) is 30.3. The Kier molecular flexibility index (Phi) is 4.28. The summed E-state index contributed by atoms with van der Waals surface area (Å²) in [5.41, 5.74) is 2.29. The van der Waals surface area contributed by atoms with Crippen LogP contribution in [0.3, 0.4) is 0 Å². The average molecular weight is 455 g/mol. The summed E-state index contributed by atoms with van der Waals surface area (Å²) >= 11 is 1.41. The summed E-state index contributed by atoms with van der Waals surface area (Å²) in [7, 11) is 0. The molecule has 0 saturated carbocycles. The van der Waals surface area contributed by atoms with E-state index in [0.29, 0.717) is 33.6 Å². The summed E-state index contributed by atoms with van der Waals surface area (Å²) in [6, 6.07) is 5.27. The van der Waals surface area contributed by atoms with E-state index in [1.54, 1.807) is 52.8 Å². The van der Waals surface area contributed by atoms with E-state index in [1.807, 2.05) is 5.38 Å². The van der Waals surface area contributed by atoms with Gasteiger partial charge >= 0.3 is 12.2 Å². The van der Waals surface area contributed by atoms with Crippen LogP contribution in [0.15, 0.2) is 23.6 Å². The number of carbonyl (C=O) groups is 2. The van der Waals surface area contributed by atoms with E-state index in [1.165, 1.54) is 20.6 Å². The fraction of sp³-hybridized carbons (Fsp3) is 0.364. The summed E-state index contributed by atoms with van der Waals surface area (Å²) in [6.07, 6.45) is -1.16. The van der Waals surface area contributed by atoms with E-state index in [-0.39, 0.29) is 6.61 Å². The van der Waals surface area contributed by atoms with Gasteiger partial charge in [-0.2, -0.15) is 9.78 Å². The fourth-order valence-electron chi connectivity index (χ4n) is 3.94. The minimum absolute atomic E-state index is 0.240. The van der Waals surface area contributed by atoms with Crippen molar-refractivity contribution in [3.63, 3.8) is 0 Å². The number of nitrogens with zero attached hydrogens (tertiary/aromatic N) is 4. The molecule has 0 unspecified atom stereocenters. The van der Waals surface area contributed by atoms with Gasteiger partial charge in [-0.1, -0.05) is 0 Å². The van der Waals surface area contributed by atoms with Gasteiger partial charge in [0.05, 0.1) is 39.2 Å². The number of rotatable bonds is 2. The molecule has 1 aliphatic heterocycles. The molecule has 0 saturated heterocycles. The molecule has 0 aromatic carbocycles. The molecule has 0 aliphatic carbocycles. The van der Waals surface area contributed by atoms with Crippen LogP contribution in [0.2, 0.25) is 0 Å². The Balaban J connectivity index is 1.78. The van der Waals surface area contributed by atoms with Crippen molar-refractivity contribution in [3.05, 3.63) is 34.8 Å². The molecule has 1 N–H and O–H groups in total. The van der Waals surface area contributed by atoms with Crippen molar-refractivity contribution in [1.29, 1.82) is 0 Å². The zero-order valence-corrected chi connectivity index (χ0v) is 19.1. The largest absolute Gasteiger partial charge is 0.442 e. The second-order valence-corrected chi connectivity index (χ2v) is 10.1. The monoisotopic (exact) mass is 454 g/mol. The van der Waals surface area contributed by atoms with E-state index in [9.17, 15) is 14.7 Å². The maximum Gasteiger partial charge on any atom is 0.435 e. The van der Waals surface area contributed by atoms with Crippen LogP contribution in [-0.4, -0.2) is 42.2 Å². The lowest BCUT2D eigenvalue weighted by Crippen LogP contribution is -2.34. The fourth-order valence-corrected chi connectivity index (χ4v) is 4.81. The molecule has 0 bridgehead atoms. The molecule has 5 rings (SSSR count). The summed E-state index contributed by atoms with van der Waals surface area (Å²) in [5, 5.41) is 16.1. The molecule has 0 radical (unpaired) electrons. The molecular weight excluding hydrogens is 432 g/mol. The topological polar surface area (TPSA) is 108 Å². The lowest BCUT2D eigenvalue weighted by atomic mass is 9.95. The second kappa shape index (κ2) is 6.63. The number of ether oxygens (including phenoxy) is 2. The Bertz CT molecular complexity index is 1420. The summed E-state index contributed by atoms with van der Waals surface area (Å²) in [5.74, 6) is 0. The normalized spacial score (nSPS) is 15.4. The highest BCUT2D eigenvalue weighted by Crippen LogP contribution is 2.42. The highest BCUT2D eigenvalue weighted by atomic mass is 32.1. The zero-order valence-electron chi connectivity index (χ0n) is 18.3. The van der Waals surface area contributed by atoms with Gasteiger partial charge in [0, 0.05) is 5.56 Å². The predicted molar refractivity (Wildman–Crippen MR) is 119 cm³/mol. The third-order valence-corrected chi connectivity index (χ3v) is 6.15. The van der Waals surface area contributed by atoms with Crippen molar-refractivity contribution in [2.24, 2.45) is 0 Å². The molecule has 0 spiro atoms. The number of cyclic esters (lactones) is 1. The van der Waals surface area contributed by atoms with Gasteiger partial charge in [0.2, 0.25) is 0 Å². The van der Waals surface area contributed by atoms with Gasteiger partial charge in [-0.15, -0.1) is 11.3 Å². The first-order valence-electron chi connectivity index (χ1n) is 10.1. The van der Waals surface area contributed by atoms with Crippen LogP contribution in [0.1, 0.15) is 45.9 Å². The Hall–Kier alpha value is -3.24. The van der Waals surface area contributed by atoms with Crippen LogP contribution in [0.4, 0.5) is 9.59 Å². The molecule has 0 amide bonds. The maximum absolute atomic E-state index is 13.0. The van der Waals surface area contributed by atoms with Crippen molar-refractivity contribution in [3.8, 4) is 11.4 Å². The Morgan fingerprint density at radius 1 is 1.31 bits per heavy atom. The lowest BCUT2D eigenvalue weighted by Gasteiger charge is -2.31. The molecular formula is C22H22N4O5S. The van der Waals surface area contributed by atoms with Gasteiger partial charge in [-0.05, 0) is 58.2 Å². The van der Waals surface area contributed by atoms with Gasteiger partial charge in [-0.3, -0.25) is 0 Å². The summed E-state index contributed by atoms with van der Waals surface area (Å²) < 4.78 is 14.6. The van der Waals surface area contributed by atoms with Crippen molar-refractivity contribution >= 4 is 44.8 Å². The van der Waals surface area contributed by atoms with Crippen LogP contribution < -0.4 is 0 Å². The minimum atomic E-state index is -0.887. The first-order valence-corrected chi connectivity index (χ1v) is 11.0. The number of hydrogen-bond acceptors (Lipinski definition) is 8. The Morgan fingerprint density at radius 3 is 2.75 bits per heavy atom. The molecule has 0 atom stereocenters. The zero-order chi connectivity index (χ0) is 23.0. The van der Waals surface area contributed by atoms with Crippen molar-refractivity contribution in [1.82, 2.24) is 19.3 Å². The maximum atomic E-state index is 13.0. The first kappa shape index (κ1) is 20.7. The van der Waals surface area contributed by atoms with Crippen molar-refractivity contribution < 1.29 is 24.2 Å². The number of aliphatic hydroxyl groups excluding tert-OH is 1. The van der Waals surface area contributed by atoms with E-state index in [2.05, 4.69) is 10.1 Å². The minimum Gasteiger partial charge on any atom is -0.442 e. The molecule has 0 fully saturated rings. The van der Waals surface area contributed by atoms with E-state index < -0.39 is 23.4 Å². The quantitative estimate of drug-likeness (QED) is 0.471. The molecule has 4 aromatic heterocycles. The lowest BCUT2D eigenvalue weighted by molar-refractivity contribution is 0.0332. The number of aromatic nitrogens is 4. The van der Waals surface area contributed by atoms with Gasteiger partial charge in [0.1, 0.15) is 16.9 Å². The van der Waals surface area contributed by atoms with Crippen molar-refractivity contribution in [2.75, 3.05) is 0 Å². The average Bonchev–Trinajstić information content (AvgIpc) is 3.37.